The highest BCUT2D eigenvalue weighted by Crippen LogP contribution is 2.52. The first kappa shape index (κ1) is 31.6. The molecule has 55 heavy (non-hydrogen) atoms. The molecule has 0 unspecified atom stereocenters. The normalized spacial score (nSPS) is 13.1. The minimum absolute atomic E-state index is 0.0907. The average Bonchev–Trinajstić information content (AvgIpc) is 3.48. The van der Waals surface area contributed by atoms with E-state index < -0.39 is 0 Å². The predicted octanol–water partition coefficient (Wildman–Crippen LogP) is 14.1. The summed E-state index contributed by atoms with van der Waals surface area (Å²) >= 11 is 0. The van der Waals surface area contributed by atoms with E-state index in [-0.39, 0.29) is 5.41 Å². The van der Waals surface area contributed by atoms with Gasteiger partial charge < -0.3 is 0 Å². The molecule has 1 aromatic heterocycles. The van der Waals surface area contributed by atoms with Gasteiger partial charge in [-0.3, -0.25) is 0 Å². The van der Waals surface area contributed by atoms with Crippen LogP contribution in [0.3, 0.4) is 0 Å². The summed E-state index contributed by atoms with van der Waals surface area (Å²) in [6, 6.07) is 65.9. The Hall–Kier alpha value is -6.90. The summed E-state index contributed by atoms with van der Waals surface area (Å²) in [5.41, 5.74) is 12.8. The molecule has 2 nitrogen and oxygen atoms in total. The Morgan fingerprint density at radius 3 is 1.53 bits per heavy atom. The van der Waals surface area contributed by atoms with Crippen LogP contribution >= 0.6 is 0 Å². The number of rotatable bonds is 4. The van der Waals surface area contributed by atoms with Gasteiger partial charge in [0.2, 0.25) is 0 Å². The summed E-state index contributed by atoms with van der Waals surface area (Å²) in [4.78, 5) is 10.7. The maximum absolute atomic E-state index is 5.38. The van der Waals surface area contributed by atoms with Crippen LogP contribution in [0.15, 0.2) is 182 Å². The van der Waals surface area contributed by atoms with Crippen molar-refractivity contribution >= 4 is 43.1 Å². The molecule has 0 atom stereocenters. The molecule has 1 aliphatic carbocycles. The summed E-state index contributed by atoms with van der Waals surface area (Å²) in [5, 5.41) is 9.67. The Balaban J connectivity index is 1.11. The van der Waals surface area contributed by atoms with E-state index in [1.54, 1.807) is 0 Å². The van der Waals surface area contributed by atoms with Gasteiger partial charge in [0.1, 0.15) is 0 Å². The first-order chi connectivity index (χ1) is 27.0. The predicted molar refractivity (Wildman–Crippen MR) is 231 cm³/mol. The van der Waals surface area contributed by atoms with Gasteiger partial charge in [0, 0.05) is 22.1 Å². The third-order valence-electron chi connectivity index (χ3n) is 11.9. The SMILES string of the molecule is CC1(C)c2ccc(-c3ccc(-c4cc(-c5cccc6ccccc56)nc(-c5cccc6ccccc56)n4)c4ccccc34)cc2-c2ccc3ccccc3c21. The van der Waals surface area contributed by atoms with Crippen molar-refractivity contribution in [1.82, 2.24) is 9.97 Å². The number of fused-ring (bicyclic) bond motifs is 8. The van der Waals surface area contributed by atoms with Gasteiger partial charge in [0.15, 0.2) is 5.82 Å². The minimum Gasteiger partial charge on any atom is -0.228 e. The lowest BCUT2D eigenvalue weighted by molar-refractivity contribution is 0.666. The smallest absolute Gasteiger partial charge is 0.161 e. The van der Waals surface area contributed by atoms with Crippen LogP contribution in [0.4, 0.5) is 0 Å². The van der Waals surface area contributed by atoms with Crippen LogP contribution in [-0.2, 0) is 5.41 Å². The van der Waals surface area contributed by atoms with E-state index in [4.69, 9.17) is 9.97 Å². The molecular weight excluding hydrogens is 665 g/mol. The first-order valence-corrected chi connectivity index (χ1v) is 19.1. The Bertz CT molecular complexity index is 3080. The van der Waals surface area contributed by atoms with Crippen molar-refractivity contribution in [2.24, 2.45) is 0 Å². The van der Waals surface area contributed by atoms with Gasteiger partial charge >= 0.3 is 0 Å². The number of hydrogen-bond acceptors (Lipinski definition) is 2. The third kappa shape index (κ3) is 4.88. The second-order valence-corrected chi connectivity index (χ2v) is 15.3. The van der Waals surface area contributed by atoms with Gasteiger partial charge in [-0.15, -0.1) is 0 Å². The topological polar surface area (TPSA) is 25.8 Å². The molecule has 0 N–H and O–H groups in total. The summed E-state index contributed by atoms with van der Waals surface area (Å²) in [6.45, 7) is 4.74. The van der Waals surface area contributed by atoms with Gasteiger partial charge in [-0.2, -0.15) is 0 Å². The highest BCUT2D eigenvalue weighted by molar-refractivity contribution is 6.07. The Kier molecular flexibility index (Phi) is 6.93. The fourth-order valence-corrected chi connectivity index (χ4v) is 9.27. The average molecular weight is 701 g/mol. The summed E-state index contributed by atoms with van der Waals surface area (Å²) in [7, 11) is 0. The van der Waals surface area contributed by atoms with E-state index in [0.29, 0.717) is 0 Å². The molecule has 2 heteroatoms. The van der Waals surface area contributed by atoms with Gasteiger partial charge in [-0.1, -0.05) is 184 Å². The fraction of sp³-hybridized carbons (Fsp3) is 0.0566. The second kappa shape index (κ2) is 12.1. The standard InChI is InChI=1S/C53H36N2/c1-53(2)48-30-26-36(31-47(48)45-27-25-35-15-5-8-20-40(35)51(45)53)39-28-29-44(42-22-10-9-21-41(39)42)50-32-49(43-23-11-16-33-13-3-6-18-37(33)43)54-52(55-50)46-24-12-17-34-14-4-7-19-38(34)46/h3-32H,1-2H3. The molecular formula is C53H36N2. The zero-order chi connectivity index (χ0) is 36.7. The second-order valence-electron chi connectivity index (χ2n) is 15.3. The lowest BCUT2D eigenvalue weighted by atomic mass is 9.80. The molecule has 0 fully saturated rings. The number of benzene rings is 9. The molecule has 9 aromatic carbocycles. The molecule has 0 amide bonds. The molecule has 0 spiro atoms. The first-order valence-electron chi connectivity index (χ1n) is 19.1. The lowest BCUT2D eigenvalue weighted by Gasteiger charge is -2.23. The van der Waals surface area contributed by atoms with E-state index in [1.165, 1.54) is 71.1 Å². The molecule has 1 aliphatic rings. The molecule has 0 saturated carbocycles. The summed E-state index contributed by atoms with van der Waals surface area (Å²) < 4.78 is 0. The fourth-order valence-electron chi connectivity index (χ4n) is 9.27. The molecule has 0 saturated heterocycles. The van der Waals surface area contributed by atoms with Crippen LogP contribution in [0.5, 0.6) is 0 Å². The van der Waals surface area contributed by atoms with Crippen LogP contribution in [0, 0.1) is 0 Å². The highest BCUT2D eigenvalue weighted by Gasteiger charge is 2.37. The molecule has 0 aliphatic heterocycles. The van der Waals surface area contributed by atoms with Gasteiger partial charge in [0.05, 0.1) is 11.4 Å². The van der Waals surface area contributed by atoms with Crippen LogP contribution in [0.25, 0.3) is 99.2 Å². The highest BCUT2D eigenvalue weighted by atomic mass is 14.9. The van der Waals surface area contributed by atoms with Crippen LogP contribution in [0.1, 0.15) is 25.0 Å². The zero-order valence-electron chi connectivity index (χ0n) is 30.7. The molecule has 0 radical (unpaired) electrons. The molecule has 1 heterocycles. The minimum atomic E-state index is -0.0907. The van der Waals surface area contributed by atoms with Crippen molar-refractivity contribution in [1.29, 1.82) is 0 Å². The lowest BCUT2D eigenvalue weighted by Crippen LogP contribution is -2.15. The zero-order valence-corrected chi connectivity index (χ0v) is 30.7. The van der Waals surface area contributed by atoms with Crippen molar-refractivity contribution in [2.45, 2.75) is 19.3 Å². The quantitative estimate of drug-likeness (QED) is 0.183. The number of hydrogen-bond donors (Lipinski definition) is 0. The van der Waals surface area contributed by atoms with E-state index in [2.05, 4.69) is 196 Å². The van der Waals surface area contributed by atoms with Crippen molar-refractivity contribution in [3.05, 3.63) is 193 Å². The van der Waals surface area contributed by atoms with Crippen LogP contribution in [-0.4, -0.2) is 9.97 Å². The summed E-state index contributed by atoms with van der Waals surface area (Å²) in [5.74, 6) is 0.720. The van der Waals surface area contributed by atoms with Crippen molar-refractivity contribution < 1.29 is 0 Å². The van der Waals surface area contributed by atoms with Gasteiger partial charge in [0.25, 0.3) is 0 Å². The van der Waals surface area contributed by atoms with E-state index in [1.807, 2.05) is 0 Å². The maximum atomic E-state index is 5.38. The summed E-state index contributed by atoms with van der Waals surface area (Å²) in [6.07, 6.45) is 0. The van der Waals surface area contributed by atoms with E-state index >= 15 is 0 Å². The van der Waals surface area contributed by atoms with Crippen LogP contribution in [0.2, 0.25) is 0 Å². The molecule has 10 aromatic rings. The Morgan fingerprint density at radius 1 is 0.345 bits per heavy atom. The molecule has 11 rings (SSSR count). The largest absolute Gasteiger partial charge is 0.228 e. The number of nitrogens with zero attached hydrogens (tertiary/aromatic N) is 2. The molecule has 258 valence electrons. The molecule has 0 bridgehead atoms. The van der Waals surface area contributed by atoms with Crippen molar-refractivity contribution in [2.75, 3.05) is 0 Å². The van der Waals surface area contributed by atoms with Crippen molar-refractivity contribution in [3.63, 3.8) is 0 Å². The Morgan fingerprint density at radius 2 is 0.836 bits per heavy atom. The van der Waals surface area contributed by atoms with E-state index in [9.17, 15) is 0 Å². The number of aromatic nitrogens is 2. The Labute approximate surface area is 320 Å². The van der Waals surface area contributed by atoms with E-state index in [0.717, 1.165) is 39.3 Å². The monoisotopic (exact) mass is 700 g/mol. The van der Waals surface area contributed by atoms with Gasteiger partial charge in [-0.25, -0.2) is 9.97 Å². The van der Waals surface area contributed by atoms with Crippen molar-refractivity contribution in [3.8, 4) is 56.2 Å². The van der Waals surface area contributed by atoms with Gasteiger partial charge in [-0.05, 0) is 88.6 Å². The third-order valence-corrected chi connectivity index (χ3v) is 11.9. The van der Waals surface area contributed by atoms with Crippen LogP contribution < -0.4 is 0 Å². The maximum Gasteiger partial charge on any atom is 0.161 e.